The maximum atomic E-state index is 9.66. The molecule has 1 aliphatic heterocycles. The van der Waals surface area contributed by atoms with Crippen LogP contribution in [0.15, 0.2) is 29.3 Å². The van der Waals surface area contributed by atoms with Gasteiger partial charge in [0.05, 0.1) is 6.10 Å². The van der Waals surface area contributed by atoms with Crippen LogP contribution in [-0.4, -0.2) is 48.2 Å². The molecule has 2 N–H and O–H groups in total. The van der Waals surface area contributed by atoms with Crippen LogP contribution in [0.4, 0.5) is 0 Å². The number of guanidine groups is 1. The molecular weight excluding hydrogens is 377 g/mol. The summed E-state index contributed by atoms with van der Waals surface area (Å²) in [6.07, 6.45) is 1.78. The van der Waals surface area contributed by atoms with Gasteiger partial charge in [-0.2, -0.15) is 0 Å². The zero-order valence-corrected chi connectivity index (χ0v) is 14.8. The van der Waals surface area contributed by atoms with Gasteiger partial charge in [0, 0.05) is 32.1 Å². The second-order valence-electron chi connectivity index (χ2n) is 5.68. The maximum absolute atomic E-state index is 9.66. The molecule has 0 saturated carbocycles. The van der Waals surface area contributed by atoms with Crippen LogP contribution in [0.5, 0.6) is 0 Å². The molecule has 1 aromatic rings. The normalized spacial score (nSPS) is 24.1. The van der Waals surface area contributed by atoms with Crippen molar-refractivity contribution in [3.63, 3.8) is 0 Å². The van der Waals surface area contributed by atoms with Crippen molar-refractivity contribution in [2.75, 3.05) is 26.2 Å². The van der Waals surface area contributed by atoms with Crippen LogP contribution in [0.2, 0.25) is 0 Å². The van der Waals surface area contributed by atoms with Gasteiger partial charge in [-0.05, 0) is 30.9 Å². The lowest BCUT2D eigenvalue weighted by Crippen LogP contribution is -2.41. The van der Waals surface area contributed by atoms with Crippen LogP contribution in [0, 0.1) is 0 Å². The highest BCUT2D eigenvalue weighted by Gasteiger charge is 2.26. The quantitative estimate of drug-likeness (QED) is 0.463. The van der Waals surface area contributed by atoms with E-state index in [1.807, 2.05) is 0 Å². The molecular formula is C16H24IN3O. The molecule has 0 spiro atoms. The predicted molar refractivity (Wildman–Crippen MR) is 96.5 cm³/mol. The number of hydrogen-bond donors (Lipinski definition) is 2. The molecule has 5 heteroatoms. The smallest absolute Gasteiger partial charge is 0.194 e. The summed E-state index contributed by atoms with van der Waals surface area (Å²) in [4.78, 5) is 6.94. The number of aliphatic hydroxyl groups excluding tert-OH is 1. The van der Waals surface area contributed by atoms with Gasteiger partial charge in [-0.1, -0.05) is 24.3 Å². The molecule has 3 rings (SSSR count). The number of hydrogen-bond acceptors (Lipinski definition) is 2. The second-order valence-corrected chi connectivity index (χ2v) is 5.68. The number of fused-ring (bicyclic) bond motifs is 1. The SMILES string of the molecule is CCNC(=NCC1Cc2ccccc21)N1CC[C@@H](O)C1.I. The molecule has 0 aromatic heterocycles. The lowest BCUT2D eigenvalue weighted by atomic mass is 9.78. The molecule has 1 fully saturated rings. The highest BCUT2D eigenvalue weighted by molar-refractivity contribution is 14.0. The predicted octanol–water partition coefficient (Wildman–Crippen LogP) is 1.98. The van der Waals surface area contributed by atoms with Crippen molar-refractivity contribution in [2.24, 2.45) is 4.99 Å². The fourth-order valence-corrected chi connectivity index (χ4v) is 3.08. The first kappa shape index (κ1) is 16.5. The molecule has 2 atom stereocenters. The van der Waals surface area contributed by atoms with Crippen molar-refractivity contribution in [1.29, 1.82) is 0 Å². The van der Waals surface area contributed by atoms with E-state index in [1.165, 1.54) is 11.1 Å². The molecule has 0 amide bonds. The highest BCUT2D eigenvalue weighted by Crippen LogP contribution is 2.34. The maximum Gasteiger partial charge on any atom is 0.194 e. The Labute approximate surface area is 143 Å². The number of nitrogens with one attached hydrogen (secondary N) is 1. The largest absolute Gasteiger partial charge is 0.391 e. The second kappa shape index (κ2) is 7.45. The Hall–Kier alpha value is -0.820. The van der Waals surface area contributed by atoms with Crippen LogP contribution >= 0.6 is 24.0 Å². The summed E-state index contributed by atoms with van der Waals surface area (Å²) in [5, 5.41) is 13.0. The third-order valence-electron chi connectivity index (χ3n) is 4.22. The fraction of sp³-hybridized carbons (Fsp3) is 0.562. The average molecular weight is 401 g/mol. The van der Waals surface area contributed by atoms with Crippen molar-refractivity contribution < 1.29 is 5.11 Å². The first-order valence-electron chi connectivity index (χ1n) is 7.57. The van der Waals surface area contributed by atoms with Crippen LogP contribution in [0.3, 0.4) is 0 Å². The minimum absolute atomic E-state index is 0. The first-order chi connectivity index (χ1) is 9.78. The Balaban J connectivity index is 0.00000161. The van der Waals surface area contributed by atoms with Gasteiger partial charge in [0.15, 0.2) is 5.96 Å². The number of nitrogens with zero attached hydrogens (tertiary/aromatic N) is 2. The van der Waals surface area contributed by atoms with E-state index in [9.17, 15) is 5.11 Å². The van der Waals surface area contributed by atoms with E-state index in [2.05, 4.69) is 41.4 Å². The summed E-state index contributed by atoms with van der Waals surface area (Å²) in [5.41, 5.74) is 2.92. The van der Waals surface area contributed by atoms with E-state index in [0.717, 1.165) is 38.4 Å². The van der Waals surface area contributed by atoms with E-state index in [-0.39, 0.29) is 30.1 Å². The number of halogens is 1. The minimum atomic E-state index is -0.205. The molecule has 2 aliphatic rings. The van der Waals surface area contributed by atoms with Crippen LogP contribution in [-0.2, 0) is 6.42 Å². The molecule has 1 aliphatic carbocycles. The summed E-state index contributed by atoms with van der Waals surface area (Å²) in [7, 11) is 0. The van der Waals surface area contributed by atoms with Crippen molar-refractivity contribution in [3.05, 3.63) is 35.4 Å². The van der Waals surface area contributed by atoms with E-state index in [1.54, 1.807) is 0 Å². The van der Waals surface area contributed by atoms with E-state index < -0.39 is 0 Å². The Kier molecular flexibility index (Phi) is 5.87. The number of β-amino-alcohol motifs (C(OH)–C–C–N with tert-alkyl or cyclic N) is 1. The van der Waals surface area contributed by atoms with Crippen LogP contribution < -0.4 is 5.32 Å². The zero-order valence-electron chi connectivity index (χ0n) is 12.5. The third kappa shape index (κ3) is 3.69. The zero-order chi connectivity index (χ0) is 13.9. The van der Waals surface area contributed by atoms with E-state index in [0.29, 0.717) is 12.5 Å². The molecule has 1 unspecified atom stereocenters. The molecule has 0 bridgehead atoms. The summed E-state index contributed by atoms with van der Waals surface area (Å²) in [6.45, 7) is 5.39. The molecule has 0 radical (unpaired) electrons. The molecule has 1 saturated heterocycles. The van der Waals surface area contributed by atoms with Crippen LogP contribution in [0.1, 0.15) is 30.4 Å². The Morgan fingerprint density at radius 2 is 2.24 bits per heavy atom. The van der Waals surface area contributed by atoms with Gasteiger partial charge < -0.3 is 15.3 Å². The topological polar surface area (TPSA) is 47.9 Å². The number of aliphatic hydroxyl groups is 1. The summed E-state index contributed by atoms with van der Waals surface area (Å²) < 4.78 is 0. The fourth-order valence-electron chi connectivity index (χ4n) is 3.08. The Morgan fingerprint density at radius 1 is 1.43 bits per heavy atom. The van der Waals surface area contributed by atoms with E-state index in [4.69, 9.17) is 4.99 Å². The summed E-state index contributed by atoms with van der Waals surface area (Å²) in [5.74, 6) is 1.51. The number of aliphatic imine (C=N–C) groups is 1. The van der Waals surface area contributed by atoms with Gasteiger partial charge in [0.25, 0.3) is 0 Å². The molecule has 1 heterocycles. The van der Waals surface area contributed by atoms with Crippen molar-refractivity contribution in [3.8, 4) is 0 Å². The Bertz CT molecular complexity index is 506. The third-order valence-corrected chi connectivity index (χ3v) is 4.22. The number of benzene rings is 1. The molecule has 1 aromatic carbocycles. The minimum Gasteiger partial charge on any atom is -0.391 e. The van der Waals surface area contributed by atoms with Gasteiger partial charge in [-0.3, -0.25) is 4.99 Å². The molecule has 4 nitrogen and oxygen atoms in total. The summed E-state index contributed by atoms with van der Waals surface area (Å²) in [6, 6.07) is 8.63. The lowest BCUT2D eigenvalue weighted by Gasteiger charge is -2.29. The van der Waals surface area contributed by atoms with Gasteiger partial charge >= 0.3 is 0 Å². The average Bonchev–Trinajstić information content (AvgIpc) is 2.85. The van der Waals surface area contributed by atoms with Gasteiger partial charge in [0.2, 0.25) is 0 Å². The van der Waals surface area contributed by atoms with Gasteiger partial charge in [-0.15, -0.1) is 24.0 Å². The van der Waals surface area contributed by atoms with Crippen molar-refractivity contribution in [1.82, 2.24) is 10.2 Å². The van der Waals surface area contributed by atoms with Gasteiger partial charge in [0.1, 0.15) is 0 Å². The number of rotatable bonds is 3. The Morgan fingerprint density at radius 3 is 2.90 bits per heavy atom. The first-order valence-corrected chi connectivity index (χ1v) is 7.57. The highest BCUT2D eigenvalue weighted by atomic mass is 127. The van der Waals surface area contributed by atoms with E-state index >= 15 is 0 Å². The van der Waals surface area contributed by atoms with Crippen molar-refractivity contribution >= 4 is 29.9 Å². The van der Waals surface area contributed by atoms with Crippen LogP contribution in [0.25, 0.3) is 0 Å². The van der Waals surface area contributed by atoms with Gasteiger partial charge in [-0.25, -0.2) is 0 Å². The summed E-state index contributed by atoms with van der Waals surface area (Å²) >= 11 is 0. The standard InChI is InChI=1S/C16H23N3O.HI/c1-2-17-16(19-8-7-14(20)11-19)18-10-13-9-12-5-3-4-6-15(12)13;/h3-6,13-14,20H,2,7-11H2,1H3,(H,17,18);1H/t13?,14-;/m1./s1. The lowest BCUT2D eigenvalue weighted by molar-refractivity contribution is 0.188. The van der Waals surface area contributed by atoms with Crippen molar-refractivity contribution in [2.45, 2.75) is 31.8 Å². The monoisotopic (exact) mass is 401 g/mol. The number of likely N-dealkylation sites (tertiary alicyclic amines) is 1. The molecule has 21 heavy (non-hydrogen) atoms. The molecule has 116 valence electrons.